The van der Waals surface area contributed by atoms with Crippen LogP contribution in [0, 0.1) is 12.3 Å². The zero-order valence-corrected chi connectivity index (χ0v) is 13.4. The third-order valence-electron chi connectivity index (χ3n) is 4.41. The summed E-state index contributed by atoms with van der Waals surface area (Å²) in [7, 11) is 0. The molecule has 20 heavy (non-hydrogen) atoms. The third-order valence-corrected chi connectivity index (χ3v) is 4.41. The fraction of sp³-hybridized carbons (Fsp3) is 0.667. The average Bonchev–Trinajstić information content (AvgIpc) is 2.37. The van der Waals surface area contributed by atoms with E-state index in [1.807, 2.05) is 0 Å². The zero-order chi connectivity index (χ0) is 14.6. The zero-order valence-electron chi connectivity index (χ0n) is 13.4. The van der Waals surface area contributed by atoms with Crippen molar-refractivity contribution in [3.8, 4) is 5.75 Å². The van der Waals surface area contributed by atoms with E-state index in [1.165, 1.54) is 24.8 Å². The number of rotatable bonds is 5. The molecule has 0 radical (unpaired) electrons. The predicted molar refractivity (Wildman–Crippen MR) is 85.3 cm³/mol. The molecule has 2 atom stereocenters. The van der Waals surface area contributed by atoms with Gasteiger partial charge < -0.3 is 10.1 Å². The van der Waals surface area contributed by atoms with Crippen molar-refractivity contribution >= 4 is 0 Å². The summed E-state index contributed by atoms with van der Waals surface area (Å²) in [5, 5.41) is 3.72. The molecule has 0 aliphatic heterocycles. The van der Waals surface area contributed by atoms with Gasteiger partial charge in [-0.2, -0.15) is 0 Å². The van der Waals surface area contributed by atoms with Gasteiger partial charge in [0, 0.05) is 6.04 Å². The summed E-state index contributed by atoms with van der Waals surface area (Å²) in [6, 6.07) is 8.85. The first-order valence-corrected chi connectivity index (χ1v) is 7.99. The van der Waals surface area contributed by atoms with Crippen LogP contribution in [-0.4, -0.2) is 18.7 Å². The van der Waals surface area contributed by atoms with Crippen LogP contribution in [0.4, 0.5) is 0 Å². The molecule has 1 aromatic carbocycles. The molecule has 0 heterocycles. The second kappa shape index (κ2) is 6.62. The van der Waals surface area contributed by atoms with Crippen molar-refractivity contribution in [1.29, 1.82) is 0 Å². The van der Waals surface area contributed by atoms with Gasteiger partial charge in [-0.25, -0.2) is 0 Å². The second-order valence-corrected chi connectivity index (χ2v) is 6.79. The van der Waals surface area contributed by atoms with Gasteiger partial charge in [0.15, 0.2) is 0 Å². The molecule has 2 unspecified atom stereocenters. The van der Waals surface area contributed by atoms with Crippen LogP contribution in [0.25, 0.3) is 0 Å². The first-order chi connectivity index (χ1) is 9.53. The summed E-state index contributed by atoms with van der Waals surface area (Å²) in [6.45, 7) is 10.1. The Morgan fingerprint density at radius 1 is 1.35 bits per heavy atom. The molecular weight excluding hydrogens is 246 g/mol. The standard InChI is InChI=1S/C18H29NO/c1-5-12-19-17-16(10-7-11-18(17,3)4)20-15-9-6-8-14(2)13-15/h6,8-9,13,16-17,19H,5,7,10-12H2,1-4H3. The number of aryl methyl sites for hydroxylation is 1. The maximum absolute atomic E-state index is 6.32. The first kappa shape index (κ1) is 15.4. The molecule has 0 saturated heterocycles. The first-order valence-electron chi connectivity index (χ1n) is 7.99. The molecule has 1 aliphatic rings. The molecule has 1 aliphatic carbocycles. The molecule has 1 aromatic rings. The van der Waals surface area contributed by atoms with E-state index in [9.17, 15) is 0 Å². The number of ether oxygens (including phenoxy) is 1. The van der Waals surface area contributed by atoms with E-state index in [0.717, 1.165) is 18.7 Å². The topological polar surface area (TPSA) is 21.3 Å². The van der Waals surface area contributed by atoms with Gasteiger partial charge in [-0.15, -0.1) is 0 Å². The minimum atomic E-state index is 0.284. The lowest BCUT2D eigenvalue weighted by Crippen LogP contribution is -2.54. The van der Waals surface area contributed by atoms with Crippen molar-refractivity contribution in [3.63, 3.8) is 0 Å². The van der Waals surface area contributed by atoms with E-state index < -0.39 is 0 Å². The lowest BCUT2D eigenvalue weighted by Gasteiger charge is -2.44. The van der Waals surface area contributed by atoms with Crippen molar-refractivity contribution in [2.45, 2.75) is 65.5 Å². The van der Waals surface area contributed by atoms with Crippen LogP contribution in [0.5, 0.6) is 5.75 Å². The van der Waals surface area contributed by atoms with Crippen molar-refractivity contribution in [3.05, 3.63) is 29.8 Å². The van der Waals surface area contributed by atoms with Crippen LogP contribution in [0.3, 0.4) is 0 Å². The van der Waals surface area contributed by atoms with Gasteiger partial charge >= 0.3 is 0 Å². The van der Waals surface area contributed by atoms with Crippen LogP contribution in [-0.2, 0) is 0 Å². The highest BCUT2D eigenvalue weighted by atomic mass is 16.5. The SMILES string of the molecule is CCCNC1C(Oc2cccc(C)c2)CCCC1(C)C. The Labute approximate surface area is 123 Å². The third kappa shape index (κ3) is 3.76. The summed E-state index contributed by atoms with van der Waals surface area (Å²) < 4.78 is 6.32. The fourth-order valence-corrected chi connectivity index (χ4v) is 3.28. The van der Waals surface area contributed by atoms with Gasteiger partial charge in [0.25, 0.3) is 0 Å². The molecule has 0 bridgehead atoms. The molecule has 112 valence electrons. The largest absolute Gasteiger partial charge is 0.489 e. The maximum Gasteiger partial charge on any atom is 0.120 e. The monoisotopic (exact) mass is 275 g/mol. The molecule has 0 aromatic heterocycles. The van der Waals surface area contributed by atoms with Crippen LogP contribution in [0.15, 0.2) is 24.3 Å². The van der Waals surface area contributed by atoms with Crippen LogP contribution < -0.4 is 10.1 Å². The smallest absolute Gasteiger partial charge is 0.120 e. The molecule has 0 spiro atoms. The summed E-state index contributed by atoms with van der Waals surface area (Å²) >= 11 is 0. The summed E-state index contributed by atoms with van der Waals surface area (Å²) in [4.78, 5) is 0. The van der Waals surface area contributed by atoms with E-state index in [0.29, 0.717) is 11.5 Å². The Hall–Kier alpha value is -1.02. The van der Waals surface area contributed by atoms with Gasteiger partial charge in [0.1, 0.15) is 11.9 Å². The number of nitrogens with one attached hydrogen (secondary N) is 1. The highest BCUT2D eigenvalue weighted by Gasteiger charge is 2.39. The quantitative estimate of drug-likeness (QED) is 0.864. The van der Waals surface area contributed by atoms with E-state index in [1.54, 1.807) is 0 Å². The lowest BCUT2D eigenvalue weighted by atomic mass is 9.71. The normalized spacial score (nSPS) is 25.4. The Morgan fingerprint density at radius 3 is 2.85 bits per heavy atom. The Morgan fingerprint density at radius 2 is 2.15 bits per heavy atom. The van der Waals surface area contributed by atoms with Gasteiger partial charge in [-0.1, -0.05) is 32.9 Å². The average molecular weight is 275 g/mol. The predicted octanol–water partition coefficient (Wildman–Crippen LogP) is 4.32. The number of hydrogen-bond acceptors (Lipinski definition) is 2. The van der Waals surface area contributed by atoms with Gasteiger partial charge in [0.2, 0.25) is 0 Å². The van der Waals surface area contributed by atoms with Crippen LogP contribution in [0.2, 0.25) is 0 Å². The second-order valence-electron chi connectivity index (χ2n) is 6.79. The molecule has 1 N–H and O–H groups in total. The molecule has 1 saturated carbocycles. The van der Waals surface area contributed by atoms with Gasteiger partial charge in [0.05, 0.1) is 0 Å². The molecule has 0 amide bonds. The van der Waals surface area contributed by atoms with Crippen molar-refractivity contribution < 1.29 is 4.74 Å². The fourth-order valence-electron chi connectivity index (χ4n) is 3.28. The van der Waals surface area contributed by atoms with Gasteiger partial charge in [-0.05, 0) is 62.3 Å². The summed E-state index contributed by atoms with van der Waals surface area (Å²) in [5.41, 5.74) is 1.57. The molecular formula is C18H29NO. The summed E-state index contributed by atoms with van der Waals surface area (Å²) in [6.07, 6.45) is 5.14. The van der Waals surface area contributed by atoms with Crippen LogP contribution >= 0.6 is 0 Å². The lowest BCUT2D eigenvalue weighted by molar-refractivity contribution is 0.0364. The highest BCUT2D eigenvalue weighted by Crippen LogP contribution is 2.37. The Kier molecular flexibility index (Phi) is 5.09. The number of hydrogen-bond donors (Lipinski definition) is 1. The van der Waals surface area contributed by atoms with Crippen molar-refractivity contribution in [1.82, 2.24) is 5.32 Å². The molecule has 2 heteroatoms. The summed E-state index contributed by atoms with van der Waals surface area (Å²) in [5.74, 6) is 1.01. The molecule has 2 rings (SSSR count). The molecule has 1 fully saturated rings. The Bertz CT molecular complexity index is 427. The van der Waals surface area contributed by atoms with Crippen molar-refractivity contribution in [2.75, 3.05) is 6.54 Å². The van der Waals surface area contributed by atoms with E-state index >= 15 is 0 Å². The van der Waals surface area contributed by atoms with Gasteiger partial charge in [-0.3, -0.25) is 0 Å². The van der Waals surface area contributed by atoms with Crippen LogP contribution in [0.1, 0.15) is 52.0 Å². The highest BCUT2D eigenvalue weighted by molar-refractivity contribution is 5.27. The molecule has 2 nitrogen and oxygen atoms in total. The van der Waals surface area contributed by atoms with E-state index in [-0.39, 0.29) is 6.10 Å². The van der Waals surface area contributed by atoms with Crippen molar-refractivity contribution in [2.24, 2.45) is 5.41 Å². The maximum atomic E-state index is 6.32. The minimum absolute atomic E-state index is 0.284. The van der Waals surface area contributed by atoms with E-state index in [4.69, 9.17) is 4.74 Å². The minimum Gasteiger partial charge on any atom is -0.489 e. The van der Waals surface area contributed by atoms with E-state index in [2.05, 4.69) is 57.3 Å². The Balaban J connectivity index is 2.10. The number of benzene rings is 1.